The van der Waals surface area contributed by atoms with Crippen LogP contribution in [0.1, 0.15) is 97.2 Å². The summed E-state index contributed by atoms with van der Waals surface area (Å²) < 4.78 is 0. The molecule has 12 aromatic rings. The lowest BCUT2D eigenvalue weighted by Gasteiger charge is -2.28. The van der Waals surface area contributed by atoms with Crippen LogP contribution in [0.2, 0.25) is 0 Å². The van der Waals surface area contributed by atoms with Crippen LogP contribution in [0.4, 0.5) is 34.1 Å². The van der Waals surface area contributed by atoms with Crippen molar-refractivity contribution in [2.75, 3.05) is 9.80 Å². The Balaban J connectivity index is 0.671. The van der Waals surface area contributed by atoms with Gasteiger partial charge in [0.2, 0.25) is 0 Å². The predicted molar refractivity (Wildman–Crippen MR) is 350 cm³/mol. The van der Waals surface area contributed by atoms with Crippen molar-refractivity contribution in [3.8, 4) is 33.4 Å². The van der Waals surface area contributed by atoms with Gasteiger partial charge in [-0.1, -0.05) is 248 Å². The molecular formula is C81H60N2. The van der Waals surface area contributed by atoms with E-state index in [1.807, 2.05) is 0 Å². The molecule has 0 saturated heterocycles. The maximum Gasteiger partial charge on any atom is 0.0630 e. The lowest BCUT2D eigenvalue weighted by atomic mass is 9.81. The second-order valence-corrected chi connectivity index (χ2v) is 24.3. The summed E-state index contributed by atoms with van der Waals surface area (Å²) in [5.74, 6) is 0. The lowest BCUT2D eigenvalue weighted by Crippen LogP contribution is -2.16. The van der Waals surface area contributed by atoms with Gasteiger partial charge in [0.05, 0.1) is 11.4 Å². The molecule has 3 aliphatic rings. The molecule has 15 rings (SSSR count). The van der Waals surface area contributed by atoms with Gasteiger partial charge in [0.15, 0.2) is 0 Å². The highest BCUT2D eigenvalue weighted by atomic mass is 15.1. The van der Waals surface area contributed by atoms with Crippen LogP contribution in [0.15, 0.2) is 231 Å². The van der Waals surface area contributed by atoms with Gasteiger partial charge in [-0.25, -0.2) is 0 Å². The molecule has 394 valence electrons. The third kappa shape index (κ3) is 8.12. The maximum atomic E-state index is 3.33. The number of hydrogen-bond acceptors (Lipinski definition) is 2. The average Bonchev–Trinajstić information content (AvgIpc) is 4.07. The Hall–Kier alpha value is -10.1. The number of fused-ring (bicyclic) bond motifs is 11. The van der Waals surface area contributed by atoms with Crippen molar-refractivity contribution in [1.82, 2.24) is 0 Å². The average molecular weight is 1060 g/mol. The zero-order valence-corrected chi connectivity index (χ0v) is 47.6. The molecule has 0 unspecified atom stereocenters. The van der Waals surface area contributed by atoms with Crippen LogP contribution in [-0.4, -0.2) is 0 Å². The van der Waals surface area contributed by atoms with Gasteiger partial charge in [-0.15, -0.1) is 0 Å². The van der Waals surface area contributed by atoms with E-state index in [1.54, 1.807) is 0 Å². The first-order chi connectivity index (χ1) is 40.4. The first-order valence-electron chi connectivity index (χ1n) is 29.0. The van der Waals surface area contributed by atoms with Crippen molar-refractivity contribution in [3.63, 3.8) is 0 Å². The minimum atomic E-state index is -0.205. The summed E-state index contributed by atoms with van der Waals surface area (Å²) in [6.45, 7) is 14.3. The van der Waals surface area contributed by atoms with E-state index in [9.17, 15) is 0 Å². The van der Waals surface area contributed by atoms with Crippen molar-refractivity contribution in [2.45, 2.75) is 57.8 Å². The van der Waals surface area contributed by atoms with E-state index < -0.39 is 0 Å². The summed E-state index contributed by atoms with van der Waals surface area (Å²) >= 11 is 0. The van der Waals surface area contributed by atoms with Crippen molar-refractivity contribution in [3.05, 3.63) is 310 Å². The third-order valence-corrected chi connectivity index (χ3v) is 18.3. The van der Waals surface area contributed by atoms with Gasteiger partial charge in [-0.2, -0.15) is 0 Å². The molecule has 0 atom stereocenters. The standard InChI is InChI=1S/C81H60N2/c1-79(2)71-47-53(31-33-55-37-43-67-69-45-39-61(51-75(69)80(3,4)73(67)49-55)82(59-23-9-7-10-24-59)77-29-17-21-57-19-13-15-27-63(57)77)35-41-65(71)66-42-36-54(48-72(66)79)32-34-56-38-44-68-70-46-40-62(52-76(70)81(5,6)74(68)50-56)83(60-25-11-8-12-26-60)78-30-18-22-58-20-14-16-28-64(58)78/h7-16,19-20,23-52H,1-6H3/b33-31+,34-32+. The van der Waals surface area contributed by atoms with Crippen LogP contribution in [0.3, 0.4) is 0 Å². The van der Waals surface area contributed by atoms with Crippen LogP contribution in [0.5, 0.6) is 0 Å². The van der Waals surface area contributed by atoms with Gasteiger partial charge in [-0.05, 0) is 150 Å². The van der Waals surface area contributed by atoms with Gasteiger partial charge < -0.3 is 9.80 Å². The molecule has 0 aromatic heterocycles. The summed E-state index contributed by atoms with van der Waals surface area (Å²) in [4.78, 5) is 4.73. The molecular weight excluding hydrogens is 1000 g/mol. The van der Waals surface area contributed by atoms with Gasteiger partial charge in [0.25, 0.3) is 0 Å². The fourth-order valence-corrected chi connectivity index (χ4v) is 13.9. The largest absolute Gasteiger partial charge is 0.309 e. The SMILES string of the molecule is CC1(C)c2cc(/C=C/c3ccc4c(c3)C(C)(C)c3cc(N(c5ccccc5)c5cc#cc6ccccc56)ccc3-4)ccc2-c2ccc(/C=C/c3ccc4c(c3)C(C)(C)c3cc(N(c5ccccc5)c5cc#cc6ccccc56)ccc3-4)cc21. The minimum Gasteiger partial charge on any atom is -0.309 e. The highest BCUT2D eigenvalue weighted by Gasteiger charge is 2.39. The van der Waals surface area contributed by atoms with E-state index in [-0.39, 0.29) is 16.2 Å². The summed E-state index contributed by atoms with van der Waals surface area (Å²) in [6, 6.07) is 97.7. The molecule has 3 aliphatic carbocycles. The third-order valence-electron chi connectivity index (χ3n) is 18.3. The first-order valence-corrected chi connectivity index (χ1v) is 29.0. The molecule has 0 fully saturated rings. The molecule has 2 heteroatoms. The quantitative estimate of drug-likeness (QED) is 0.126. The van der Waals surface area contributed by atoms with Crippen molar-refractivity contribution in [2.24, 2.45) is 0 Å². The monoisotopic (exact) mass is 1060 g/mol. The van der Waals surface area contributed by atoms with E-state index in [1.165, 1.54) is 89.0 Å². The number of benzene rings is 10. The molecule has 2 nitrogen and oxygen atoms in total. The summed E-state index contributed by atoms with van der Waals surface area (Å²) in [7, 11) is 0. The first kappa shape index (κ1) is 49.9. The molecule has 0 heterocycles. The van der Waals surface area contributed by atoms with E-state index in [4.69, 9.17) is 0 Å². The molecule has 0 N–H and O–H groups in total. The predicted octanol–water partition coefficient (Wildman–Crippen LogP) is 21.4. The minimum absolute atomic E-state index is 0.163. The van der Waals surface area contributed by atoms with Gasteiger partial charge >= 0.3 is 0 Å². The number of rotatable bonds is 10. The lowest BCUT2D eigenvalue weighted by molar-refractivity contribution is 0.660. The van der Waals surface area contributed by atoms with Gasteiger partial charge in [0, 0.05) is 72.7 Å². The normalized spacial score (nSPS) is 14.4. The van der Waals surface area contributed by atoms with E-state index in [0.717, 1.165) is 55.7 Å². The zero-order chi connectivity index (χ0) is 56.2. The van der Waals surface area contributed by atoms with E-state index in [0.29, 0.717) is 0 Å². The van der Waals surface area contributed by atoms with Gasteiger partial charge in [-0.3, -0.25) is 0 Å². The second kappa shape index (κ2) is 19.0. The van der Waals surface area contributed by atoms with Gasteiger partial charge in [0.1, 0.15) is 0 Å². The van der Waals surface area contributed by atoms with Crippen LogP contribution < -0.4 is 9.80 Å². The molecule has 0 saturated carbocycles. The van der Waals surface area contributed by atoms with Crippen molar-refractivity contribution in [1.29, 1.82) is 0 Å². The highest BCUT2D eigenvalue weighted by molar-refractivity contribution is 6.00. The maximum absolute atomic E-state index is 3.33. The molecule has 0 amide bonds. The molecule has 83 heavy (non-hydrogen) atoms. The van der Waals surface area contributed by atoms with Crippen LogP contribution in [-0.2, 0) is 16.2 Å². The Morgan fingerprint density at radius 1 is 0.289 bits per heavy atom. The number of nitrogens with zero attached hydrogens (tertiary/aromatic N) is 2. The van der Waals surface area contributed by atoms with E-state index in [2.05, 4.69) is 330 Å². The Morgan fingerprint density at radius 2 is 0.578 bits per heavy atom. The Morgan fingerprint density at radius 3 is 0.916 bits per heavy atom. The number of anilines is 6. The second-order valence-electron chi connectivity index (χ2n) is 24.3. The Labute approximate surface area is 488 Å². The molecule has 0 radical (unpaired) electrons. The van der Waals surface area contributed by atoms with Crippen LogP contribution in [0, 0.1) is 24.3 Å². The summed E-state index contributed by atoms with van der Waals surface area (Å²) in [5, 5.41) is 4.39. The Kier molecular flexibility index (Phi) is 11.4. The summed E-state index contributed by atoms with van der Waals surface area (Å²) in [6.07, 6.45) is 9.16. The van der Waals surface area contributed by atoms with Crippen molar-refractivity contribution < 1.29 is 0 Å². The van der Waals surface area contributed by atoms with Crippen LogP contribution in [0.25, 0.3) is 79.2 Å². The fourth-order valence-electron chi connectivity index (χ4n) is 13.9. The van der Waals surface area contributed by atoms with E-state index >= 15 is 0 Å². The highest BCUT2D eigenvalue weighted by Crippen LogP contribution is 2.54. The molecule has 0 spiro atoms. The smallest absolute Gasteiger partial charge is 0.0630 e. The zero-order valence-electron chi connectivity index (χ0n) is 47.6. The topological polar surface area (TPSA) is 6.48 Å². The van der Waals surface area contributed by atoms with Crippen molar-refractivity contribution >= 4 is 80.0 Å². The number of para-hydroxylation sites is 2. The Bertz CT molecular complexity index is 4340. The molecule has 0 aliphatic heterocycles. The molecule has 12 aromatic carbocycles. The summed E-state index contributed by atoms with van der Waals surface area (Å²) in [5.41, 5.74) is 26.8. The van der Waals surface area contributed by atoms with Crippen LogP contribution >= 0.6 is 0 Å². The fraction of sp³-hybridized carbons (Fsp3) is 0.111. The number of hydrogen-bond donors (Lipinski definition) is 0. The molecule has 0 bridgehead atoms.